The number of rotatable bonds is 23. The van der Waals surface area contributed by atoms with E-state index in [-0.39, 0.29) is 59.3 Å². The number of nitrogens with one attached hydrogen (secondary N) is 2. The van der Waals surface area contributed by atoms with Gasteiger partial charge in [-0.3, -0.25) is 10.1 Å². The number of benzene rings is 4. The van der Waals surface area contributed by atoms with Crippen LogP contribution in [0.15, 0.2) is 85.2 Å². The number of hydrogen-bond acceptors (Lipinski definition) is 19. The first-order valence-electron chi connectivity index (χ1n) is 29.2. The number of ether oxygens (including phenoxy) is 6. The van der Waals surface area contributed by atoms with Crippen molar-refractivity contribution in [3.05, 3.63) is 117 Å². The quantitative estimate of drug-likeness (QED) is 0.0178. The van der Waals surface area contributed by atoms with E-state index in [0.717, 1.165) is 94.0 Å². The number of nitro benzene ring substituents is 1. The van der Waals surface area contributed by atoms with Gasteiger partial charge in [-0.05, 0) is 56.5 Å². The van der Waals surface area contributed by atoms with Gasteiger partial charge in [-0.1, -0.05) is 62.5 Å². The standard InChI is InChI=1S/C30H37ClFN7O5Si.C30H39ClFN7O3Si.2ClH.Sn/c1-36-8-10-37(11-9-36)21-6-7-25(26(17-21)42-2)33-30-34-28-27(24(31)18-38(28)19-43-12-13-45(3,4)5)29(35-30)44-23-15-20(32)14-22(16-23)39(40)41;1-37-8-10-38(11-9-37)22-6-7-25(26(17-22)40-2)34-30-35-28-27(24(31)18-39(28)19-41-12-13-43(3,4)5)29(36-30)42-23-15-20(32)14-21(33)16-23;;;/h6-7,14-18H,8-13,19H2,1-5H3,(H,33,34,35);6-7,14-18H,8-13,19,33H2,1-5H3,(H,34,35,36);2*1H;/q;;;;+2/p-2. The zero-order valence-electron chi connectivity index (χ0n) is 52.5. The average Bonchev–Trinajstić information content (AvgIpc) is 1.71. The molecular weight excluding hydrogens is 1400 g/mol. The van der Waals surface area contributed by atoms with Gasteiger partial charge < -0.3 is 73.5 Å². The summed E-state index contributed by atoms with van der Waals surface area (Å²) >= 11 is 12.5. The Hall–Kier alpha value is -6.19. The van der Waals surface area contributed by atoms with E-state index < -0.39 is 57.3 Å². The van der Waals surface area contributed by atoms with Crippen LogP contribution in [0.25, 0.3) is 22.1 Å². The number of likely N-dealkylation sites (N-methyl/N-ethyl adjacent to an activating group) is 2. The fraction of sp³-hybridized carbons (Fsp3) is 0.400. The molecule has 2 fully saturated rings. The number of nitrogens with zero attached hydrogens (tertiary/aromatic N) is 11. The van der Waals surface area contributed by atoms with Crippen LogP contribution in [0.1, 0.15) is 0 Å². The molecule has 8 aromatic rings. The van der Waals surface area contributed by atoms with Gasteiger partial charge in [0.2, 0.25) is 23.7 Å². The topological polar surface area (TPSA) is 223 Å². The Morgan fingerprint density at radius 2 is 1.02 bits per heavy atom. The van der Waals surface area contributed by atoms with Crippen LogP contribution in [-0.2, 0) is 22.9 Å². The molecule has 4 aromatic carbocycles. The van der Waals surface area contributed by atoms with E-state index >= 15 is 0 Å². The Bertz CT molecular complexity index is 3780. The Kier molecular flexibility index (Phi) is 24.9. The van der Waals surface area contributed by atoms with Crippen LogP contribution in [0.2, 0.25) is 61.4 Å². The summed E-state index contributed by atoms with van der Waals surface area (Å²) in [5.41, 5.74) is 9.94. The molecule has 2 aliphatic rings. The van der Waals surface area contributed by atoms with Gasteiger partial charge in [0.05, 0.1) is 52.7 Å². The first-order chi connectivity index (χ1) is 43.3. The number of piperazine rings is 2. The molecule has 4 N–H and O–H groups in total. The van der Waals surface area contributed by atoms with Crippen molar-refractivity contribution in [1.29, 1.82) is 0 Å². The van der Waals surface area contributed by atoms with Gasteiger partial charge >= 0.3 is 36.7 Å². The second-order valence-electron chi connectivity index (χ2n) is 24.2. The molecule has 0 saturated carbocycles. The van der Waals surface area contributed by atoms with Gasteiger partial charge in [0.25, 0.3) is 5.69 Å². The van der Waals surface area contributed by atoms with Crippen LogP contribution in [0, 0.1) is 21.7 Å². The van der Waals surface area contributed by atoms with Crippen molar-refractivity contribution < 1.29 is 42.1 Å². The minimum absolute atomic E-state index is 0.0127. The summed E-state index contributed by atoms with van der Waals surface area (Å²) < 4.78 is 67.5. The molecule has 91 heavy (non-hydrogen) atoms. The summed E-state index contributed by atoms with van der Waals surface area (Å²) in [5, 5.41) is 19.3. The van der Waals surface area contributed by atoms with Gasteiger partial charge in [-0.15, -0.1) is 0 Å². The molecule has 6 heterocycles. The van der Waals surface area contributed by atoms with E-state index in [1.807, 2.05) is 41.0 Å². The molecule has 10 rings (SSSR count). The monoisotopic (exact) mass is 1470 g/mol. The number of methoxy groups -OCH3 is 2. The summed E-state index contributed by atoms with van der Waals surface area (Å²) in [6.45, 7) is 23.0. The zero-order chi connectivity index (χ0) is 65.7. The molecule has 0 spiro atoms. The van der Waals surface area contributed by atoms with Crippen LogP contribution < -0.4 is 45.1 Å². The van der Waals surface area contributed by atoms with Gasteiger partial charge in [-0.2, -0.15) is 19.9 Å². The number of nitro groups is 1. The van der Waals surface area contributed by atoms with Crippen molar-refractivity contribution in [2.75, 3.05) is 120 Å². The van der Waals surface area contributed by atoms with Gasteiger partial charge in [-0.25, -0.2) is 8.78 Å². The van der Waals surface area contributed by atoms with Gasteiger partial charge in [0.1, 0.15) is 58.9 Å². The van der Waals surface area contributed by atoms with E-state index in [9.17, 15) is 18.9 Å². The fourth-order valence-corrected chi connectivity index (χ4v) is 11.7. The second kappa shape index (κ2) is 32.1. The van der Waals surface area contributed by atoms with Crippen LogP contribution in [0.5, 0.6) is 34.8 Å². The maximum absolute atomic E-state index is 14.3. The Morgan fingerprint density at radius 1 is 0.615 bits per heavy atom. The summed E-state index contributed by atoms with van der Waals surface area (Å²) in [6.07, 6.45) is 3.39. The fourth-order valence-electron chi connectivity index (χ4n) is 9.66. The number of non-ortho nitro benzene ring substituents is 1. The molecule has 31 heteroatoms. The van der Waals surface area contributed by atoms with Crippen molar-refractivity contribution in [3.8, 4) is 34.8 Å². The Morgan fingerprint density at radius 3 is 1.41 bits per heavy atom. The van der Waals surface area contributed by atoms with Crippen LogP contribution in [0.4, 0.5) is 54.8 Å². The molecule has 0 aliphatic carbocycles. The Labute approximate surface area is 557 Å². The SMILES string of the molecule is COc1cc(N2CCN(C)CC2)ccc1Nc1nc(Oc2cc(F)cc([N+](=O)[O-])c2)c2c(Cl)cn(COCC[Si](C)(C)C)c2n1.COc1cc(N2CCN(C)CC2)ccc1Nc1nc(Oc2cc(N)cc(F)c2)c2c(Cl)cn(COCC[Si](C)(C)C)c2n1.[Cl][Sn][Cl]. The molecule has 0 unspecified atom stereocenters. The predicted octanol–water partition coefficient (Wildman–Crippen LogP) is 14.2. The summed E-state index contributed by atoms with van der Waals surface area (Å²) in [7, 11) is 14.8. The molecule has 2 radical (unpaired) electrons. The predicted molar refractivity (Wildman–Crippen MR) is 367 cm³/mol. The van der Waals surface area contributed by atoms with E-state index in [1.165, 1.54) is 18.2 Å². The van der Waals surface area contributed by atoms with Crippen LogP contribution in [-0.4, -0.2) is 173 Å². The number of hydrogen-bond donors (Lipinski definition) is 3. The number of nitrogen functional groups attached to an aromatic ring is 1. The molecule has 0 atom stereocenters. The molecule has 2 saturated heterocycles. The number of anilines is 7. The molecule has 0 bridgehead atoms. The van der Waals surface area contributed by atoms with Crippen LogP contribution in [0.3, 0.4) is 0 Å². The van der Waals surface area contributed by atoms with Crippen molar-refractivity contribution in [2.45, 2.75) is 64.8 Å². The normalized spacial score (nSPS) is 14.0. The second-order valence-corrected chi connectivity index (χ2v) is 40.5. The minimum atomic E-state index is -1.30. The molecule has 2 aliphatic heterocycles. The summed E-state index contributed by atoms with van der Waals surface area (Å²) in [6, 6.07) is 20.8. The molecule has 0 amide bonds. The maximum atomic E-state index is 14.3. The van der Waals surface area contributed by atoms with Gasteiger partial charge in [0, 0.05) is 142 Å². The average molecular weight is 1480 g/mol. The molecule has 22 nitrogen and oxygen atoms in total. The Balaban J connectivity index is 0.000000225. The third kappa shape index (κ3) is 19.9. The zero-order valence-corrected chi connectivity index (χ0v) is 60.4. The number of halogens is 6. The van der Waals surface area contributed by atoms with Crippen molar-refractivity contribution in [3.63, 3.8) is 0 Å². The molecule has 488 valence electrons. The molecule has 4 aromatic heterocycles. The van der Waals surface area contributed by atoms with E-state index in [4.69, 9.17) is 85.2 Å². The summed E-state index contributed by atoms with van der Waals surface area (Å²) in [4.78, 5) is 38.6. The number of aromatic nitrogens is 6. The van der Waals surface area contributed by atoms with Crippen molar-refractivity contribution in [2.24, 2.45) is 0 Å². The third-order valence-electron chi connectivity index (χ3n) is 14.7. The number of nitrogens with two attached hydrogens (primary N) is 1. The van der Waals surface area contributed by atoms with Crippen molar-refractivity contribution in [1.82, 2.24) is 38.9 Å². The third-order valence-corrected chi connectivity index (χ3v) is 18.7. The van der Waals surface area contributed by atoms with E-state index in [0.29, 0.717) is 63.2 Å². The first kappa shape index (κ1) is 70.7. The summed E-state index contributed by atoms with van der Waals surface area (Å²) in [5.74, 6) is 0.478. The first-order valence-corrected chi connectivity index (χ1v) is 44.6. The number of fused-ring (bicyclic) bond motifs is 2. The van der Waals surface area contributed by atoms with E-state index in [1.54, 1.807) is 31.2 Å². The van der Waals surface area contributed by atoms with Crippen LogP contribution >= 0.6 is 41.0 Å². The van der Waals surface area contributed by atoms with Gasteiger partial charge in [0.15, 0.2) is 11.3 Å². The van der Waals surface area contributed by atoms with E-state index in [2.05, 4.69) is 93.6 Å². The van der Waals surface area contributed by atoms with Crippen molar-refractivity contribution >= 4 is 144 Å². The molecular formula is C60H76Cl4F2N14O8Si2Sn.